The second kappa shape index (κ2) is 4.97. The highest BCUT2D eigenvalue weighted by atomic mass is 16.4. The molecule has 1 aliphatic carbocycles. The van der Waals surface area contributed by atoms with Gasteiger partial charge in [-0.3, -0.25) is 0 Å². The fourth-order valence-corrected chi connectivity index (χ4v) is 2.18. The van der Waals surface area contributed by atoms with Crippen LogP contribution >= 0.6 is 0 Å². The topological polar surface area (TPSA) is 32.6 Å². The van der Waals surface area contributed by atoms with Crippen molar-refractivity contribution in [1.82, 2.24) is 0 Å². The molecule has 0 saturated heterocycles. The van der Waals surface area contributed by atoms with Gasteiger partial charge >= 0.3 is 0 Å². The maximum atomic E-state index is 9.20. The summed E-state index contributed by atoms with van der Waals surface area (Å²) >= 11 is 0. The summed E-state index contributed by atoms with van der Waals surface area (Å²) in [7, 11) is 0. The highest BCUT2D eigenvalue weighted by Gasteiger charge is 2.14. The van der Waals surface area contributed by atoms with Crippen LogP contribution in [0.4, 0.5) is 0 Å². The lowest BCUT2D eigenvalue weighted by atomic mass is 9.91. The number of hydrogen-bond donors (Lipinski definition) is 1. The summed E-state index contributed by atoms with van der Waals surface area (Å²) in [6.45, 7) is 2.05. The molecule has 0 spiro atoms. The van der Waals surface area contributed by atoms with Crippen LogP contribution in [0.5, 0.6) is 0 Å². The lowest BCUT2D eigenvalue weighted by Gasteiger charge is -2.15. The molecule has 16 heavy (non-hydrogen) atoms. The van der Waals surface area contributed by atoms with E-state index in [1.165, 1.54) is 18.4 Å². The predicted octanol–water partition coefficient (Wildman–Crippen LogP) is 3.67. The standard InChI is InChI=1S/C14H17NO/c1-11-7-5-6-10-13(11)14(15-16)12-8-3-2-4-9-12/h5-8,10,16H,2-4,9H2,1H3. The van der Waals surface area contributed by atoms with Crippen LogP contribution < -0.4 is 0 Å². The smallest absolute Gasteiger partial charge is 0.113 e. The van der Waals surface area contributed by atoms with Gasteiger partial charge in [0, 0.05) is 5.56 Å². The van der Waals surface area contributed by atoms with Crippen LogP contribution in [0.25, 0.3) is 0 Å². The fourth-order valence-electron chi connectivity index (χ4n) is 2.18. The highest BCUT2D eigenvalue weighted by Crippen LogP contribution is 2.23. The lowest BCUT2D eigenvalue weighted by molar-refractivity contribution is 0.319. The number of hydrogen-bond acceptors (Lipinski definition) is 2. The molecule has 0 radical (unpaired) electrons. The van der Waals surface area contributed by atoms with Gasteiger partial charge < -0.3 is 5.21 Å². The van der Waals surface area contributed by atoms with Gasteiger partial charge in [-0.1, -0.05) is 35.5 Å². The summed E-state index contributed by atoms with van der Waals surface area (Å²) in [5.41, 5.74) is 4.13. The van der Waals surface area contributed by atoms with Crippen LogP contribution in [0.3, 0.4) is 0 Å². The van der Waals surface area contributed by atoms with Gasteiger partial charge in [-0.15, -0.1) is 0 Å². The third-order valence-corrected chi connectivity index (χ3v) is 3.10. The van der Waals surface area contributed by atoms with Crippen molar-refractivity contribution in [3.05, 3.63) is 47.0 Å². The summed E-state index contributed by atoms with van der Waals surface area (Å²) in [6, 6.07) is 8.05. The van der Waals surface area contributed by atoms with Crippen molar-refractivity contribution in [2.45, 2.75) is 32.6 Å². The Bertz CT molecular complexity index is 432. The Morgan fingerprint density at radius 1 is 1.25 bits per heavy atom. The van der Waals surface area contributed by atoms with Crippen LogP contribution in [0.2, 0.25) is 0 Å². The van der Waals surface area contributed by atoms with Crippen molar-refractivity contribution in [3.8, 4) is 0 Å². The molecule has 1 aromatic carbocycles. The molecule has 0 atom stereocenters. The summed E-state index contributed by atoms with van der Waals surface area (Å²) in [5, 5.41) is 12.7. The van der Waals surface area contributed by atoms with E-state index in [4.69, 9.17) is 0 Å². The van der Waals surface area contributed by atoms with Gasteiger partial charge in [0.15, 0.2) is 0 Å². The van der Waals surface area contributed by atoms with E-state index in [0.29, 0.717) is 0 Å². The van der Waals surface area contributed by atoms with Crippen LogP contribution in [0.15, 0.2) is 41.1 Å². The van der Waals surface area contributed by atoms with E-state index in [9.17, 15) is 5.21 Å². The summed E-state index contributed by atoms with van der Waals surface area (Å²) in [6.07, 6.45) is 6.76. The Labute approximate surface area is 96.3 Å². The van der Waals surface area contributed by atoms with Crippen LogP contribution in [-0.4, -0.2) is 10.9 Å². The SMILES string of the molecule is Cc1ccccc1C(=NO)C1=CCCCC1. The molecule has 0 fully saturated rings. The van der Waals surface area contributed by atoms with Crippen LogP contribution in [0, 0.1) is 6.92 Å². The second-order valence-corrected chi connectivity index (χ2v) is 4.24. The molecule has 1 aliphatic rings. The van der Waals surface area contributed by atoms with Gasteiger partial charge in [0.1, 0.15) is 5.71 Å². The molecule has 0 heterocycles. The van der Waals surface area contributed by atoms with Gasteiger partial charge in [-0.2, -0.15) is 0 Å². The van der Waals surface area contributed by atoms with E-state index in [-0.39, 0.29) is 0 Å². The van der Waals surface area contributed by atoms with E-state index in [2.05, 4.69) is 11.2 Å². The summed E-state index contributed by atoms with van der Waals surface area (Å²) in [4.78, 5) is 0. The number of rotatable bonds is 2. The molecule has 0 saturated carbocycles. The molecule has 1 aromatic rings. The molecular formula is C14H17NO. The molecule has 0 amide bonds. The zero-order valence-corrected chi connectivity index (χ0v) is 9.61. The number of aryl methyl sites for hydroxylation is 1. The first-order chi connectivity index (χ1) is 7.83. The quantitative estimate of drug-likeness (QED) is 0.455. The van der Waals surface area contributed by atoms with Gasteiger partial charge in [0.2, 0.25) is 0 Å². The molecule has 0 bridgehead atoms. The predicted molar refractivity (Wildman–Crippen MR) is 66.1 cm³/mol. The van der Waals surface area contributed by atoms with E-state index in [1.807, 2.05) is 31.2 Å². The Balaban J connectivity index is 2.37. The fraction of sp³-hybridized carbons (Fsp3) is 0.357. The first-order valence-corrected chi connectivity index (χ1v) is 5.80. The maximum absolute atomic E-state index is 9.20. The third kappa shape index (κ3) is 2.16. The van der Waals surface area contributed by atoms with Crippen molar-refractivity contribution in [2.75, 3.05) is 0 Å². The van der Waals surface area contributed by atoms with Gasteiger partial charge in [-0.25, -0.2) is 0 Å². The largest absolute Gasteiger partial charge is 0.410 e. The van der Waals surface area contributed by atoms with Crippen molar-refractivity contribution >= 4 is 5.71 Å². The van der Waals surface area contributed by atoms with Crippen molar-refractivity contribution in [3.63, 3.8) is 0 Å². The molecule has 1 N–H and O–H groups in total. The molecular weight excluding hydrogens is 198 g/mol. The number of oxime groups is 1. The van der Waals surface area contributed by atoms with Crippen LogP contribution in [0.1, 0.15) is 36.8 Å². The lowest BCUT2D eigenvalue weighted by Crippen LogP contribution is -2.09. The number of benzene rings is 1. The van der Waals surface area contributed by atoms with Crippen molar-refractivity contribution < 1.29 is 5.21 Å². The minimum Gasteiger partial charge on any atom is -0.410 e. The monoisotopic (exact) mass is 215 g/mol. The Morgan fingerprint density at radius 2 is 2.06 bits per heavy atom. The van der Waals surface area contributed by atoms with Crippen LogP contribution in [-0.2, 0) is 0 Å². The Hall–Kier alpha value is -1.57. The zero-order chi connectivity index (χ0) is 11.4. The average Bonchev–Trinajstić information content (AvgIpc) is 2.34. The second-order valence-electron chi connectivity index (χ2n) is 4.24. The van der Waals surface area contributed by atoms with Crippen molar-refractivity contribution in [2.24, 2.45) is 5.16 Å². The molecule has 0 unspecified atom stereocenters. The Morgan fingerprint density at radius 3 is 2.69 bits per heavy atom. The van der Waals surface area contributed by atoms with E-state index in [0.717, 1.165) is 29.7 Å². The first-order valence-electron chi connectivity index (χ1n) is 5.80. The normalized spacial score (nSPS) is 17.1. The van der Waals surface area contributed by atoms with Gasteiger partial charge in [0.05, 0.1) is 0 Å². The Kier molecular flexibility index (Phi) is 3.40. The number of nitrogens with zero attached hydrogens (tertiary/aromatic N) is 1. The zero-order valence-electron chi connectivity index (χ0n) is 9.61. The van der Waals surface area contributed by atoms with Gasteiger partial charge in [0.25, 0.3) is 0 Å². The van der Waals surface area contributed by atoms with E-state index >= 15 is 0 Å². The third-order valence-electron chi connectivity index (χ3n) is 3.10. The molecule has 84 valence electrons. The molecule has 2 nitrogen and oxygen atoms in total. The first kappa shape index (κ1) is 10.9. The minimum absolute atomic E-state index is 0.748. The summed E-state index contributed by atoms with van der Waals surface area (Å²) in [5.74, 6) is 0. The average molecular weight is 215 g/mol. The van der Waals surface area contributed by atoms with E-state index in [1.54, 1.807) is 0 Å². The molecule has 0 aromatic heterocycles. The maximum Gasteiger partial charge on any atom is 0.113 e. The van der Waals surface area contributed by atoms with E-state index < -0.39 is 0 Å². The number of allylic oxidation sites excluding steroid dienone is 2. The molecule has 0 aliphatic heterocycles. The summed E-state index contributed by atoms with van der Waals surface area (Å²) < 4.78 is 0. The van der Waals surface area contributed by atoms with Crippen molar-refractivity contribution in [1.29, 1.82) is 0 Å². The highest BCUT2D eigenvalue weighted by molar-refractivity contribution is 6.13. The molecule has 2 rings (SSSR count). The van der Waals surface area contributed by atoms with Gasteiger partial charge in [-0.05, 0) is 43.7 Å². The molecule has 2 heteroatoms. The minimum atomic E-state index is 0.748.